The Morgan fingerprint density at radius 2 is 1.74 bits per heavy atom. The number of nitrogens with one attached hydrogen (secondary N) is 1. The molecule has 0 spiro atoms. The molecule has 2 saturated carbocycles. The molecule has 1 aromatic heterocycles. The van der Waals surface area contributed by atoms with E-state index in [9.17, 15) is 19.2 Å². The highest BCUT2D eigenvalue weighted by molar-refractivity contribution is 8.00. The van der Waals surface area contributed by atoms with E-state index in [4.69, 9.17) is 33.0 Å². The van der Waals surface area contributed by atoms with Crippen molar-refractivity contribution in [1.29, 1.82) is 0 Å². The standard InChI is InChI=1S/C30H26Cl2N2O6S2/c31-14-5-3-13(4-6-14)12-40-19-8-7-15(32)10-16(19)21-22-17-11-18(25(22)41-27-26(21)42-30(39)33-27)24-23(17)28(37)34(29(24)38)9-1-2-20(35)36/h3-8,10,17-18,21-25H,1-2,9,11-12H2,(H,33,39)(H,35,36)/t17?,18?,21-,22?,23?,24?,25?/m1/s1. The minimum Gasteiger partial charge on any atom is -0.489 e. The molecule has 2 aromatic carbocycles. The van der Waals surface area contributed by atoms with Gasteiger partial charge < -0.3 is 14.8 Å². The molecule has 3 fully saturated rings. The number of benzene rings is 2. The minimum atomic E-state index is -0.949. The number of carboxylic acid groups (broad SMARTS) is 1. The van der Waals surface area contributed by atoms with E-state index in [2.05, 4.69) is 4.98 Å². The van der Waals surface area contributed by atoms with Crippen molar-refractivity contribution < 1.29 is 24.2 Å². The Labute approximate surface area is 259 Å². The Hall–Kier alpha value is -2.79. The van der Waals surface area contributed by atoms with Crippen LogP contribution in [0.1, 0.15) is 41.2 Å². The maximum absolute atomic E-state index is 13.7. The molecular weight excluding hydrogens is 619 g/mol. The number of imide groups is 1. The van der Waals surface area contributed by atoms with Gasteiger partial charge in [-0.3, -0.25) is 24.1 Å². The number of carboxylic acids is 1. The highest BCUT2D eigenvalue weighted by Crippen LogP contribution is 2.69. The first-order valence-corrected chi connectivity index (χ1v) is 16.3. The highest BCUT2D eigenvalue weighted by atomic mass is 35.5. The second-order valence-electron chi connectivity index (χ2n) is 11.4. The summed E-state index contributed by atoms with van der Waals surface area (Å²) in [6.45, 7) is 0.437. The Kier molecular flexibility index (Phi) is 7.16. The van der Waals surface area contributed by atoms with Gasteiger partial charge in [0, 0.05) is 44.6 Å². The van der Waals surface area contributed by atoms with E-state index in [0.29, 0.717) is 22.4 Å². The maximum atomic E-state index is 13.7. The molecule has 1 saturated heterocycles. The van der Waals surface area contributed by atoms with Gasteiger partial charge in [-0.2, -0.15) is 0 Å². The lowest BCUT2D eigenvalue weighted by Crippen LogP contribution is -2.42. The summed E-state index contributed by atoms with van der Waals surface area (Å²) in [7, 11) is 0. The van der Waals surface area contributed by atoms with Gasteiger partial charge in [0.25, 0.3) is 0 Å². The molecule has 218 valence electrons. The van der Waals surface area contributed by atoms with Crippen molar-refractivity contribution in [2.75, 3.05) is 6.54 Å². The maximum Gasteiger partial charge on any atom is 0.305 e. The van der Waals surface area contributed by atoms with E-state index in [1.54, 1.807) is 17.8 Å². The number of carbonyl (C=O) groups is 3. The zero-order valence-electron chi connectivity index (χ0n) is 22.1. The van der Waals surface area contributed by atoms with E-state index < -0.39 is 17.8 Å². The van der Waals surface area contributed by atoms with E-state index in [1.807, 2.05) is 36.4 Å². The Balaban J connectivity index is 1.25. The number of rotatable bonds is 8. The van der Waals surface area contributed by atoms with Crippen molar-refractivity contribution in [3.63, 3.8) is 0 Å². The number of thiazole rings is 1. The molecule has 2 amide bonds. The van der Waals surface area contributed by atoms with E-state index in [0.717, 1.165) is 27.5 Å². The fourth-order valence-electron chi connectivity index (χ4n) is 7.67. The van der Waals surface area contributed by atoms with Crippen molar-refractivity contribution in [1.82, 2.24) is 9.88 Å². The number of hydrogen-bond donors (Lipinski definition) is 2. The lowest BCUT2D eigenvalue weighted by atomic mass is 9.68. The van der Waals surface area contributed by atoms with Crippen LogP contribution < -0.4 is 9.61 Å². The van der Waals surface area contributed by atoms with Crippen molar-refractivity contribution in [2.45, 2.75) is 42.1 Å². The molecule has 4 aliphatic rings. The number of aromatic nitrogens is 1. The molecular formula is C30H26Cl2N2O6S2. The topological polar surface area (TPSA) is 117 Å². The largest absolute Gasteiger partial charge is 0.489 e. The number of nitrogens with zero attached hydrogens (tertiary/aromatic N) is 1. The fourth-order valence-corrected chi connectivity index (χ4v) is 10.9. The summed E-state index contributed by atoms with van der Waals surface area (Å²) in [5, 5.41) is 11.1. The quantitative estimate of drug-likeness (QED) is 0.304. The van der Waals surface area contributed by atoms with Gasteiger partial charge >= 0.3 is 10.8 Å². The summed E-state index contributed by atoms with van der Waals surface area (Å²) in [6, 6.07) is 13.0. The molecule has 2 aliphatic carbocycles. The number of thioether (sulfide) groups is 1. The first kappa shape index (κ1) is 28.0. The number of aromatic amines is 1. The van der Waals surface area contributed by atoms with Crippen LogP contribution in [0.5, 0.6) is 5.75 Å². The fraction of sp³-hybridized carbons (Fsp3) is 0.400. The van der Waals surface area contributed by atoms with Crippen molar-refractivity contribution >= 4 is 64.1 Å². The summed E-state index contributed by atoms with van der Waals surface area (Å²) in [5.74, 6) is -1.84. The zero-order valence-corrected chi connectivity index (χ0v) is 25.3. The molecule has 3 aromatic rings. The van der Waals surface area contributed by atoms with Crippen LogP contribution in [0.25, 0.3) is 0 Å². The van der Waals surface area contributed by atoms with Crippen molar-refractivity contribution in [3.8, 4) is 5.75 Å². The van der Waals surface area contributed by atoms with Gasteiger partial charge in [-0.1, -0.05) is 46.7 Å². The summed E-state index contributed by atoms with van der Waals surface area (Å²) in [5.41, 5.74) is 1.81. The summed E-state index contributed by atoms with van der Waals surface area (Å²) >= 11 is 15.4. The predicted molar refractivity (Wildman–Crippen MR) is 159 cm³/mol. The summed E-state index contributed by atoms with van der Waals surface area (Å²) < 4.78 is 6.36. The normalized spacial score (nSPS) is 29.0. The second kappa shape index (κ2) is 10.7. The number of fused-ring (bicyclic) bond motifs is 9. The highest BCUT2D eigenvalue weighted by Gasteiger charge is 2.69. The smallest absolute Gasteiger partial charge is 0.305 e. The van der Waals surface area contributed by atoms with E-state index >= 15 is 0 Å². The van der Waals surface area contributed by atoms with Crippen molar-refractivity contribution in [2.24, 2.45) is 29.6 Å². The van der Waals surface area contributed by atoms with Gasteiger partial charge in [0.05, 0.1) is 16.9 Å². The third-order valence-electron chi connectivity index (χ3n) is 9.20. The monoisotopic (exact) mass is 644 g/mol. The number of H-pyrrole nitrogens is 1. The molecule has 42 heavy (non-hydrogen) atoms. The third-order valence-corrected chi connectivity index (χ3v) is 12.3. The first-order chi connectivity index (χ1) is 20.2. The molecule has 2 N–H and O–H groups in total. The molecule has 2 aliphatic heterocycles. The molecule has 2 bridgehead atoms. The second-order valence-corrected chi connectivity index (χ2v) is 14.5. The van der Waals surface area contributed by atoms with Crippen molar-refractivity contribution in [3.05, 3.63) is 78.2 Å². The number of hydrogen-bond acceptors (Lipinski definition) is 7. The lowest BCUT2D eigenvalue weighted by molar-refractivity contribution is -0.142. The number of likely N-dealkylation sites (tertiary alicyclic amines) is 1. The predicted octanol–water partition coefficient (Wildman–Crippen LogP) is 5.66. The first-order valence-electron chi connectivity index (χ1n) is 13.8. The summed E-state index contributed by atoms with van der Waals surface area (Å²) in [6.07, 6.45) is 0.903. The molecule has 6 unspecified atom stereocenters. The number of amides is 2. The number of halogens is 2. The molecule has 8 nitrogen and oxygen atoms in total. The van der Waals surface area contributed by atoms with E-state index in [1.165, 1.54) is 16.2 Å². The average molecular weight is 646 g/mol. The van der Waals surface area contributed by atoms with Crippen LogP contribution in [0.2, 0.25) is 10.0 Å². The van der Waals surface area contributed by atoms with Gasteiger partial charge in [0.2, 0.25) is 11.8 Å². The Bertz CT molecular complexity index is 1660. The Morgan fingerprint density at radius 1 is 1.02 bits per heavy atom. The van der Waals surface area contributed by atoms with Crippen LogP contribution in [0.3, 0.4) is 0 Å². The summed E-state index contributed by atoms with van der Waals surface area (Å²) in [4.78, 5) is 56.0. The Morgan fingerprint density at radius 3 is 2.48 bits per heavy atom. The van der Waals surface area contributed by atoms with Crippen LogP contribution in [0.4, 0.5) is 0 Å². The van der Waals surface area contributed by atoms with Gasteiger partial charge in [0.15, 0.2) is 0 Å². The van der Waals surface area contributed by atoms with Crippen LogP contribution in [-0.4, -0.2) is 44.6 Å². The van der Waals surface area contributed by atoms with Crippen LogP contribution in [0.15, 0.2) is 52.3 Å². The number of aliphatic carboxylic acids is 1. The van der Waals surface area contributed by atoms with Crippen LogP contribution in [-0.2, 0) is 21.0 Å². The van der Waals surface area contributed by atoms with Gasteiger partial charge in [-0.15, -0.1) is 11.8 Å². The number of carbonyl (C=O) groups excluding carboxylic acids is 2. The molecule has 12 heteroatoms. The minimum absolute atomic E-state index is 0.00716. The van der Waals surface area contributed by atoms with Gasteiger partial charge in [-0.25, -0.2) is 0 Å². The van der Waals surface area contributed by atoms with E-state index in [-0.39, 0.29) is 65.0 Å². The lowest BCUT2D eigenvalue weighted by Gasteiger charge is -2.43. The third kappa shape index (κ3) is 4.58. The molecule has 0 radical (unpaired) electrons. The number of ether oxygens (including phenoxy) is 1. The zero-order chi connectivity index (χ0) is 29.3. The SMILES string of the molecule is O=C(O)CCCN1C(=O)C2C3CC(C2C1=O)C1C3Sc2[nH]c(=O)sc2[C@@H]1c1cc(Cl)ccc1OCc1ccc(Cl)cc1. The molecule has 3 heterocycles. The van der Waals surface area contributed by atoms with Gasteiger partial charge in [-0.05, 0) is 66.5 Å². The average Bonchev–Trinajstić information content (AvgIpc) is 3.68. The van der Waals surface area contributed by atoms with Crippen LogP contribution in [0, 0.1) is 29.6 Å². The molecule has 7 rings (SSSR count). The van der Waals surface area contributed by atoms with Crippen LogP contribution >= 0.6 is 46.3 Å². The molecule has 7 atom stereocenters. The van der Waals surface area contributed by atoms with Gasteiger partial charge in [0.1, 0.15) is 12.4 Å².